The van der Waals surface area contributed by atoms with E-state index in [1.165, 1.54) is 0 Å². The highest BCUT2D eigenvalue weighted by molar-refractivity contribution is 5.89. The van der Waals surface area contributed by atoms with Gasteiger partial charge in [0.25, 0.3) is 0 Å². The van der Waals surface area contributed by atoms with Crippen LogP contribution in [0.3, 0.4) is 0 Å². The van der Waals surface area contributed by atoms with Crippen molar-refractivity contribution >= 4 is 11.8 Å². The van der Waals surface area contributed by atoms with Crippen LogP contribution >= 0.6 is 0 Å². The topological polar surface area (TPSA) is 73.0 Å². The molecule has 0 atom stereocenters. The molecule has 6 heteroatoms. The largest absolute Gasteiger partial charge is 0.338 e. The van der Waals surface area contributed by atoms with Gasteiger partial charge in [0.05, 0.1) is 12.0 Å². The van der Waals surface area contributed by atoms with Crippen molar-refractivity contribution in [1.29, 1.82) is 0 Å². The van der Waals surface area contributed by atoms with Crippen molar-refractivity contribution in [3.63, 3.8) is 0 Å². The molecule has 0 aromatic carbocycles. The van der Waals surface area contributed by atoms with Gasteiger partial charge in [0.1, 0.15) is 6.54 Å². The lowest BCUT2D eigenvalue weighted by molar-refractivity contribution is -0.116. The van der Waals surface area contributed by atoms with Gasteiger partial charge < -0.3 is 9.09 Å². The molecule has 0 fully saturated rings. The molecule has 0 bridgehead atoms. The van der Waals surface area contributed by atoms with E-state index in [0.29, 0.717) is 5.88 Å². The lowest BCUT2D eigenvalue weighted by Crippen LogP contribution is -2.17. The second-order valence-corrected chi connectivity index (χ2v) is 3.12. The van der Waals surface area contributed by atoms with Crippen LogP contribution in [-0.4, -0.2) is 20.6 Å². The number of amides is 1. The molecule has 2 aromatic heterocycles. The predicted octanol–water partition coefficient (Wildman–Crippen LogP) is 0.818. The van der Waals surface area contributed by atoms with Gasteiger partial charge in [0.15, 0.2) is 0 Å². The first-order valence-electron chi connectivity index (χ1n) is 4.43. The summed E-state index contributed by atoms with van der Waals surface area (Å²) < 4.78 is 6.51. The Bertz CT molecular complexity index is 446. The van der Waals surface area contributed by atoms with E-state index in [1.807, 2.05) is 0 Å². The van der Waals surface area contributed by atoms with Gasteiger partial charge in [-0.3, -0.25) is 10.1 Å². The van der Waals surface area contributed by atoms with E-state index < -0.39 is 0 Å². The predicted molar refractivity (Wildman–Crippen MR) is 52.1 cm³/mol. The zero-order chi connectivity index (χ0) is 10.7. The van der Waals surface area contributed by atoms with E-state index in [-0.39, 0.29) is 12.5 Å². The molecule has 78 valence electrons. The summed E-state index contributed by atoms with van der Waals surface area (Å²) in [4.78, 5) is 15.3. The first-order chi connectivity index (χ1) is 7.24. The van der Waals surface area contributed by atoms with E-state index in [9.17, 15) is 4.79 Å². The molecule has 6 nitrogen and oxygen atoms in total. The molecule has 0 saturated heterocycles. The Kier molecular flexibility index (Phi) is 2.49. The number of anilines is 1. The average Bonchev–Trinajstić information content (AvgIpc) is 2.77. The van der Waals surface area contributed by atoms with Crippen LogP contribution in [0.1, 0.15) is 5.69 Å². The Labute approximate surface area is 85.9 Å². The molecule has 0 aliphatic heterocycles. The van der Waals surface area contributed by atoms with Gasteiger partial charge in [-0.25, -0.2) is 4.98 Å². The van der Waals surface area contributed by atoms with Crippen LogP contribution in [0.25, 0.3) is 0 Å². The van der Waals surface area contributed by atoms with Crippen LogP contribution in [-0.2, 0) is 11.3 Å². The highest BCUT2D eigenvalue weighted by Gasteiger charge is 2.06. The Morgan fingerprint density at radius 3 is 3.13 bits per heavy atom. The van der Waals surface area contributed by atoms with Crippen molar-refractivity contribution in [3.05, 3.63) is 30.5 Å². The number of nitrogens with zero attached hydrogens (tertiary/aromatic N) is 3. The normalized spacial score (nSPS) is 10.2. The summed E-state index contributed by atoms with van der Waals surface area (Å²) in [6.45, 7) is 1.99. The number of hydrogen-bond donors (Lipinski definition) is 1. The SMILES string of the molecule is Cc1cc(NC(=O)Cn2ccnc2)on1. The van der Waals surface area contributed by atoms with Gasteiger partial charge in [-0.05, 0) is 6.92 Å². The zero-order valence-corrected chi connectivity index (χ0v) is 8.17. The maximum absolute atomic E-state index is 11.4. The van der Waals surface area contributed by atoms with Crippen LogP contribution in [0, 0.1) is 6.92 Å². The number of aromatic nitrogens is 3. The van der Waals surface area contributed by atoms with E-state index in [0.717, 1.165) is 5.69 Å². The minimum atomic E-state index is -0.177. The number of hydrogen-bond acceptors (Lipinski definition) is 4. The van der Waals surface area contributed by atoms with E-state index >= 15 is 0 Å². The molecule has 0 radical (unpaired) electrons. The molecule has 1 N–H and O–H groups in total. The highest BCUT2D eigenvalue weighted by Crippen LogP contribution is 2.07. The third-order valence-corrected chi connectivity index (χ3v) is 1.78. The number of nitrogens with one attached hydrogen (secondary N) is 1. The Hall–Kier alpha value is -2.11. The first kappa shape index (κ1) is 9.45. The molecule has 2 aromatic rings. The van der Waals surface area contributed by atoms with Gasteiger partial charge in [0.2, 0.25) is 11.8 Å². The molecule has 2 heterocycles. The first-order valence-corrected chi connectivity index (χ1v) is 4.43. The van der Waals surface area contributed by atoms with Crippen LogP contribution in [0.2, 0.25) is 0 Å². The average molecular weight is 206 g/mol. The van der Waals surface area contributed by atoms with Gasteiger partial charge in [-0.1, -0.05) is 5.16 Å². The summed E-state index contributed by atoms with van der Waals surface area (Å²) in [6, 6.07) is 1.66. The minimum absolute atomic E-state index is 0.177. The summed E-state index contributed by atoms with van der Waals surface area (Å²) in [5.74, 6) is 0.182. The monoisotopic (exact) mass is 206 g/mol. The second kappa shape index (κ2) is 3.95. The zero-order valence-electron chi connectivity index (χ0n) is 8.17. The molecular formula is C9H10N4O2. The molecular weight excluding hydrogens is 196 g/mol. The smallest absolute Gasteiger partial charge is 0.246 e. The molecule has 0 spiro atoms. The van der Waals surface area contributed by atoms with Crippen LogP contribution in [0.4, 0.5) is 5.88 Å². The minimum Gasteiger partial charge on any atom is -0.338 e. The number of carbonyl (C=O) groups excluding carboxylic acids is 1. The summed E-state index contributed by atoms with van der Waals surface area (Å²) in [5.41, 5.74) is 0.730. The van der Waals surface area contributed by atoms with Crippen LogP contribution < -0.4 is 5.32 Å². The molecule has 15 heavy (non-hydrogen) atoms. The van der Waals surface area contributed by atoms with E-state index in [4.69, 9.17) is 4.52 Å². The van der Waals surface area contributed by atoms with Gasteiger partial charge in [-0.2, -0.15) is 0 Å². The van der Waals surface area contributed by atoms with Crippen molar-refractivity contribution in [2.24, 2.45) is 0 Å². The summed E-state index contributed by atoms with van der Waals surface area (Å²) >= 11 is 0. The molecule has 0 unspecified atom stereocenters. The molecule has 0 aliphatic rings. The van der Waals surface area contributed by atoms with Crippen LogP contribution in [0.5, 0.6) is 0 Å². The number of rotatable bonds is 3. The van der Waals surface area contributed by atoms with Gasteiger partial charge in [0, 0.05) is 18.5 Å². The van der Waals surface area contributed by atoms with Gasteiger partial charge >= 0.3 is 0 Å². The standard InChI is InChI=1S/C9H10N4O2/c1-7-4-9(15-12-7)11-8(14)5-13-3-2-10-6-13/h2-4,6H,5H2,1H3,(H,11,14). The maximum atomic E-state index is 11.4. The summed E-state index contributed by atoms with van der Waals surface area (Å²) in [6.07, 6.45) is 4.91. The van der Waals surface area contributed by atoms with Crippen molar-refractivity contribution < 1.29 is 9.32 Å². The maximum Gasteiger partial charge on any atom is 0.246 e. The Morgan fingerprint density at radius 1 is 1.67 bits per heavy atom. The fourth-order valence-electron chi connectivity index (χ4n) is 1.15. The Balaban J connectivity index is 1.93. The number of carbonyl (C=O) groups is 1. The highest BCUT2D eigenvalue weighted by atomic mass is 16.5. The van der Waals surface area contributed by atoms with Crippen molar-refractivity contribution in [2.45, 2.75) is 13.5 Å². The van der Waals surface area contributed by atoms with Crippen LogP contribution in [0.15, 0.2) is 29.3 Å². The Morgan fingerprint density at radius 2 is 2.53 bits per heavy atom. The van der Waals surface area contributed by atoms with Crippen molar-refractivity contribution in [3.8, 4) is 0 Å². The summed E-state index contributed by atoms with van der Waals surface area (Å²) in [7, 11) is 0. The van der Waals surface area contributed by atoms with E-state index in [1.54, 1.807) is 36.3 Å². The van der Waals surface area contributed by atoms with Crippen molar-refractivity contribution in [2.75, 3.05) is 5.32 Å². The lowest BCUT2D eigenvalue weighted by Gasteiger charge is -2.00. The number of aryl methyl sites for hydroxylation is 1. The fourth-order valence-corrected chi connectivity index (χ4v) is 1.15. The molecule has 0 aliphatic carbocycles. The van der Waals surface area contributed by atoms with E-state index in [2.05, 4.69) is 15.5 Å². The second-order valence-electron chi connectivity index (χ2n) is 3.12. The van der Waals surface area contributed by atoms with Crippen molar-refractivity contribution in [1.82, 2.24) is 14.7 Å². The quantitative estimate of drug-likeness (QED) is 0.806. The fraction of sp³-hybridized carbons (Fsp3) is 0.222. The summed E-state index contributed by atoms with van der Waals surface area (Å²) in [5, 5.41) is 6.24. The molecule has 0 saturated carbocycles. The van der Waals surface area contributed by atoms with Gasteiger partial charge in [-0.15, -0.1) is 0 Å². The third kappa shape index (κ3) is 2.43. The lowest BCUT2D eigenvalue weighted by atomic mass is 10.4. The number of imidazole rings is 1. The molecule has 2 rings (SSSR count). The molecule has 1 amide bonds. The third-order valence-electron chi connectivity index (χ3n) is 1.78.